The first kappa shape index (κ1) is 28.1. The minimum atomic E-state index is -1.41. The van der Waals surface area contributed by atoms with Gasteiger partial charge in [0.1, 0.15) is 17.7 Å². The van der Waals surface area contributed by atoms with Crippen LogP contribution in [0.5, 0.6) is 0 Å². The molecule has 0 aliphatic heterocycles. The van der Waals surface area contributed by atoms with Gasteiger partial charge in [-0.2, -0.15) is 0 Å². The second-order valence-electron chi connectivity index (χ2n) is 9.24. The molecule has 3 unspecified atom stereocenters. The van der Waals surface area contributed by atoms with E-state index in [1.54, 1.807) is 24.3 Å². The highest BCUT2D eigenvalue weighted by atomic mass is 19.1. The van der Waals surface area contributed by atoms with Crippen molar-refractivity contribution in [2.24, 2.45) is 11.5 Å². The minimum absolute atomic E-state index is 0.0952. The monoisotopic (exact) mass is 509 g/mol. The number of hydrogen-bond donors (Lipinski definition) is 4. The number of ketones is 1. The van der Waals surface area contributed by atoms with E-state index in [0.717, 1.165) is 23.8 Å². The Labute approximate surface area is 215 Å². The SMILES string of the molecule is NC(CCCCC(=O)c1cccc(NC(=O)C(O)C(N)Cc2ccccc2)c1)Cc1cc(F)ccc1F. The van der Waals surface area contributed by atoms with Crippen LogP contribution in [-0.2, 0) is 17.6 Å². The molecule has 0 radical (unpaired) electrons. The zero-order valence-electron chi connectivity index (χ0n) is 20.6. The fraction of sp³-hybridized carbons (Fsp3) is 0.310. The number of carbonyl (C=O) groups excluding carboxylic acids is 2. The van der Waals surface area contributed by atoms with Crippen LogP contribution < -0.4 is 16.8 Å². The van der Waals surface area contributed by atoms with Gasteiger partial charge in [0.2, 0.25) is 0 Å². The molecule has 0 aromatic heterocycles. The van der Waals surface area contributed by atoms with E-state index in [9.17, 15) is 23.5 Å². The molecule has 0 bridgehead atoms. The summed E-state index contributed by atoms with van der Waals surface area (Å²) < 4.78 is 27.1. The standard InChI is InChI=1S/C29H33F2N3O3/c30-22-13-14-25(31)21(16-22)17-23(32)10-4-5-12-27(35)20-9-6-11-24(18-20)34-29(37)28(36)26(33)15-19-7-2-1-3-8-19/h1-3,6-9,11,13-14,16,18,23,26,28,36H,4-5,10,12,15,17,32-33H2,(H,34,37). The molecule has 196 valence electrons. The van der Waals surface area contributed by atoms with E-state index in [2.05, 4.69) is 5.32 Å². The summed E-state index contributed by atoms with van der Waals surface area (Å²) in [4.78, 5) is 25.1. The molecule has 6 N–H and O–H groups in total. The highest BCUT2D eigenvalue weighted by Crippen LogP contribution is 2.17. The van der Waals surface area contributed by atoms with Crippen molar-refractivity contribution in [2.45, 2.75) is 56.7 Å². The lowest BCUT2D eigenvalue weighted by molar-refractivity contribution is -0.124. The number of benzene rings is 3. The summed E-state index contributed by atoms with van der Waals surface area (Å²) in [5, 5.41) is 13.0. The van der Waals surface area contributed by atoms with Crippen LogP contribution in [0.2, 0.25) is 0 Å². The van der Waals surface area contributed by atoms with Crippen LogP contribution >= 0.6 is 0 Å². The number of hydrogen-bond acceptors (Lipinski definition) is 5. The Balaban J connectivity index is 1.44. The van der Waals surface area contributed by atoms with Gasteiger partial charge in [-0.25, -0.2) is 8.78 Å². The summed E-state index contributed by atoms with van der Waals surface area (Å²) in [5.41, 5.74) is 14.1. The molecule has 0 saturated carbocycles. The lowest BCUT2D eigenvalue weighted by Gasteiger charge is -2.18. The predicted octanol–water partition coefficient (Wildman–Crippen LogP) is 4.15. The average Bonchev–Trinajstić information content (AvgIpc) is 2.89. The quantitative estimate of drug-likeness (QED) is 0.204. The normalized spacial score (nSPS) is 13.5. The van der Waals surface area contributed by atoms with E-state index < -0.39 is 29.7 Å². The zero-order chi connectivity index (χ0) is 26.8. The van der Waals surface area contributed by atoms with E-state index in [1.807, 2.05) is 30.3 Å². The molecular weight excluding hydrogens is 476 g/mol. The van der Waals surface area contributed by atoms with E-state index in [-0.39, 0.29) is 30.2 Å². The molecule has 3 rings (SSSR count). The molecular formula is C29H33F2N3O3. The summed E-state index contributed by atoms with van der Waals surface area (Å²) in [6.07, 6.45) is 1.25. The van der Waals surface area contributed by atoms with E-state index >= 15 is 0 Å². The third-order valence-electron chi connectivity index (χ3n) is 6.16. The van der Waals surface area contributed by atoms with Crippen molar-refractivity contribution in [1.29, 1.82) is 0 Å². The summed E-state index contributed by atoms with van der Waals surface area (Å²) in [7, 11) is 0. The molecule has 8 heteroatoms. The van der Waals surface area contributed by atoms with Gasteiger partial charge in [0.15, 0.2) is 5.78 Å². The minimum Gasteiger partial charge on any atom is -0.382 e. The Bertz CT molecular complexity index is 1190. The van der Waals surface area contributed by atoms with Gasteiger partial charge >= 0.3 is 0 Å². The Kier molecular flexibility index (Phi) is 10.4. The van der Waals surface area contributed by atoms with Crippen molar-refractivity contribution < 1.29 is 23.5 Å². The number of amides is 1. The van der Waals surface area contributed by atoms with Crippen LogP contribution in [0.3, 0.4) is 0 Å². The van der Waals surface area contributed by atoms with E-state index in [4.69, 9.17) is 11.5 Å². The van der Waals surface area contributed by atoms with Crippen molar-refractivity contribution in [3.8, 4) is 0 Å². The van der Waals surface area contributed by atoms with Crippen LogP contribution in [0.15, 0.2) is 72.8 Å². The maximum atomic E-state index is 13.8. The van der Waals surface area contributed by atoms with Crippen LogP contribution in [0.1, 0.15) is 47.2 Å². The molecule has 0 heterocycles. The predicted molar refractivity (Wildman–Crippen MR) is 140 cm³/mol. The van der Waals surface area contributed by atoms with Crippen molar-refractivity contribution in [1.82, 2.24) is 0 Å². The lowest BCUT2D eigenvalue weighted by atomic mass is 9.99. The molecule has 3 aromatic carbocycles. The molecule has 0 spiro atoms. The van der Waals surface area contributed by atoms with Crippen molar-refractivity contribution in [3.05, 3.63) is 101 Å². The Morgan fingerprint density at radius 1 is 0.892 bits per heavy atom. The summed E-state index contributed by atoms with van der Waals surface area (Å²) in [6.45, 7) is 0. The Morgan fingerprint density at radius 2 is 1.65 bits per heavy atom. The van der Waals surface area contributed by atoms with Gasteiger partial charge in [-0.05, 0) is 67.1 Å². The molecule has 0 aliphatic rings. The highest BCUT2D eigenvalue weighted by Gasteiger charge is 2.23. The number of aliphatic hydroxyl groups excluding tert-OH is 1. The number of anilines is 1. The van der Waals surface area contributed by atoms with Gasteiger partial charge in [0.05, 0.1) is 0 Å². The van der Waals surface area contributed by atoms with Crippen LogP contribution in [0.4, 0.5) is 14.5 Å². The maximum absolute atomic E-state index is 13.8. The Morgan fingerprint density at radius 3 is 2.41 bits per heavy atom. The second kappa shape index (κ2) is 13.7. The molecule has 0 aliphatic carbocycles. The lowest BCUT2D eigenvalue weighted by Crippen LogP contribution is -2.44. The van der Waals surface area contributed by atoms with Gasteiger partial charge in [0.25, 0.3) is 5.91 Å². The zero-order valence-corrected chi connectivity index (χ0v) is 20.6. The third kappa shape index (κ3) is 8.86. The van der Waals surface area contributed by atoms with Crippen molar-refractivity contribution >= 4 is 17.4 Å². The van der Waals surface area contributed by atoms with E-state index in [0.29, 0.717) is 36.9 Å². The van der Waals surface area contributed by atoms with Crippen molar-refractivity contribution in [2.75, 3.05) is 5.32 Å². The molecule has 6 nitrogen and oxygen atoms in total. The molecule has 1 amide bonds. The number of rotatable bonds is 13. The van der Waals surface area contributed by atoms with Gasteiger partial charge in [0, 0.05) is 29.8 Å². The summed E-state index contributed by atoms with van der Waals surface area (Å²) in [5.74, 6) is -1.72. The third-order valence-corrected chi connectivity index (χ3v) is 6.16. The molecule has 3 atom stereocenters. The first-order valence-corrected chi connectivity index (χ1v) is 12.3. The smallest absolute Gasteiger partial charge is 0.254 e. The van der Waals surface area contributed by atoms with Gasteiger partial charge in [-0.15, -0.1) is 0 Å². The maximum Gasteiger partial charge on any atom is 0.254 e. The number of carbonyl (C=O) groups is 2. The van der Waals surface area contributed by atoms with Crippen LogP contribution in [-0.4, -0.2) is 35.0 Å². The van der Waals surface area contributed by atoms with E-state index in [1.165, 1.54) is 0 Å². The molecule has 37 heavy (non-hydrogen) atoms. The second-order valence-corrected chi connectivity index (χ2v) is 9.24. The first-order chi connectivity index (χ1) is 17.7. The van der Waals surface area contributed by atoms with Crippen molar-refractivity contribution in [3.63, 3.8) is 0 Å². The largest absolute Gasteiger partial charge is 0.382 e. The van der Waals surface area contributed by atoms with Gasteiger partial charge in [-0.1, -0.05) is 48.9 Å². The highest BCUT2D eigenvalue weighted by molar-refractivity contribution is 5.99. The number of aliphatic hydroxyl groups is 1. The fourth-order valence-electron chi connectivity index (χ4n) is 4.10. The van der Waals surface area contributed by atoms with Gasteiger partial charge < -0.3 is 21.9 Å². The molecule has 0 saturated heterocycles. The Hall–Kier alpha value is -3.46. The fourth-order valence-corrected chi connectivity index (χ4v) is 4.10. The average molecular weight is 510 g/mol. The van der Waals surface area contributed by atoms with Crippen LogP contribution in [0, 0.1) is 11.6 Å². The molecule has 0 fully saturated rings. The number of unbranched alkanes of at least 4 members (excludes halogenated alkanes) is 1. The first-order valence-electron chi connectivity index (χ1n) is 12.3. The number of nitrogens with one attached hydrogen (secondary N) is 1. The summed E-state index contributed by atoms with van der Waals surface area (Å²) in [6, 6.07) is 18.0. The number of halogens is 2. The van der Waals surface area contributed by atoms with Gasteiger partial charge in [-0.3, -0.25) is 9.59 Å². The molecule has 3 aromatic rings. The van der Waals surface area contributed by atoms with Crippen LogP contribution in [0.25, 0.3) is 0 Å². The topological polar surface area (TPSA) is 118 Å². The number of Topliss-reactive ketones (excluding diaryl/α,β-unsaturated/α-hetero) is 1. The summed E-state index contributed by atoms with van der Waals surface area (Å²) >= 11 is 0. The number of nitrogens with two attached hydrogens (primary N) is 2.